The van der Waals surface area contributed by atoms with Gasteiger partial charge in [0.2, 0.25) is 5.90 Å². The van der Waals surface area contributed by atoms with Gasteiger partial charge in [-0.3, -0.25) is 10.1 Å². The molecule has 0 fully saturated rings. The Morgan fingerprint density at radius 1 is 1.07 bits per heavy atom. The van der Waals surface area contributed by atoms with Crippen LogP contribution in [-0.2, 0) is 9.53 Å². The van der Waals surface area contributed by atoms with Crippen molar-refractivity contribution in [2.75, 3.05) is 7.11 Å². The topological polar surface area (TPSA) is 91.0 Å². The second kappa shape index (κ2) is 6.96. The first-order chi connectivity index (χ1) is 13.5. The summed E-state index contributed by atoms with van der Waals surface area (Å²) in [5, 5.41) is 13.2. The van der Waals surface area contributed by atoms with Gasteiger partial charge in [0, 0.05) is 11.6 Å². The Kier molecular flexibility index (Phi) is 4.33. The van der Waals surface area contributed by atoms with E-state index >= 15 is 0 Å². The molecule has 0 spiro atoms. The van der Waals surface area contributed by atoms with Gasteiger partial charge in [0.05, 0.1) is 12.0 Å². The molecule has 0 bridgehead atoms. The van der Waals surface area contributed by atoms with E-state index in [1.54, 1.807) is 6.07 Å². The molecule has 0 amide bonds. The van der Waals surface area contributed by atoms with Crippen molar-refractivity contribution < 1.29 is 19.2 Å². The molecule has 0 saturated carbocycles. The molecule has 1 heterocycles. The summed E-state index contributed by atoms with van der Waals surface area (Å²) < 4.78 is 10.3. The van der Waals surface area contributed by atoms with Crippen LogP contribution < -0.4 is 4.74 Å². The average molecular weight is 374 g/mol. The molecular formula is C21H14N2O5. The SMILES string of the molecule is COc1ccc(/C=C2/N=C(c3ccc4ccccc4c3)OC2=O)cc1[N+](=O)[O-]. The van der Waals surface area contributed by atoms with Crippen molar-refractivity contribution in [3.8, 4) is 5.75 Å². The van der Waals surface area contributed by atoms with E-state index in [4.69, 9.17) is 9.47 Å². The highest BCUT2D eigenvalue weighted by atomic mass is 16.6. The van der Waals surface area contributed by atoms with E-state index in [0.29, 0.717) is 11.1 Å². The molecule has 1 aliphatic rings. The molecule has 0 aliphatic carbocycles. The number of hydrogen-bond donors (Lipinski definition) is 0. The summed E-state index contributed by atoms with van der Waals surface area (Å²) in [6.45, 7) is 0. The van der Waals surface area contributed by atoms with E-state index in [1.165, 1.54) is 25.3 Å². The highest BCUT2D eigenvalue weighted by molar-refractivity contribution is 6.13. The van der Waals surface area contributed by atoms with Gasteiger partial charge in [-0.15, -0.1) is 0 Å². The molecule has 7 nitrogen and oxygen atoms in total. The minimum atomic E-state index is -0.610. The van der Waals surface area contributed by atoms with Gasteiger partial charge >= 0.3 is 11.7 Å². The Labute approximate surface area is 159 Å². The first-order valence-electron chi connectivity index (χ1n) is 8.39. The number of benzene rings is 3. The van der Waals surface area contributed by atoms with Crippen LogP contribution in [0.4, 0.5) is 5.69 Å². The number of cyclic esters (lactones) is 1. The molecule has 0 atom stereocenters. The quantitative estimate of drug-likeness (QED) is 0.297. The number of carbonyl (C=O) groups excluding carboxylic acids is 1. The molecule has 0 radical (unpaired) electrons. The minimum absolute atomic E-state index is 0.0719. The zero-order valence-corrected chi connectivity index (χ0v) is 14.8. The smallest absolute Gasteiger partial charge is 0.363 e. The maximum atomic E-state index is 12.2. The van der Waals surface area contributed by atoms with E-state index < -0.39 is 10.9 Å². The number of nitro groups is 1. The average Bonchev–Trinajstić information content (AvgIpc) is 3.07. The zero-order valence-electron chi connectivity index (χ0n) is 14.8. The van der Waals surface area contributed by atoms with Crippen LogP contribution in [0.25, 0.3) is 16.8 Å². The molecule has 0 saturated heterocycles. The lowest BCUT2D eigenvalue weighted by Crippen LogP contribution is -2.05. The van der Waals surface area contributed by atoms with Crippen LogP contribution in [-0.4, -0.2) is 23.9 Å². The maximum Gasteiger partial charge on any atom is 0.363 e. The molecule has 0 N–H and O–H groups in total. The van der Waals surface area contributed by atoms with Gasteiger partial charge in [0.1, 0.15) is 0 Å². The van der Waals surface area contributed by atoms with Crippen molar-refractivity contribution in [1.82, 2.24) is 0 Å². The maximum absolute atomic E-state index is 12.2. The van der Waals surface area contributed by atoms with Crippen LogP contribution in [0.15, 0.2) is 71.4 Å². The summed E-state index contributed by atoms with van der Waals surface area (Å²) in [6, 6.07) is 17.9. The standard InChI is InChI=1S/C21H14N2O5/c1-27-19-9-6-13(11-18(19)23(25)26)10-17-21(24)28-20(22-17)16-8-7-14-4-2-3-5-15(14)12-16/h2-12H,1H3/b17-10+. The molecule has 3 aromatic carbocycles. The Hall–Kier alpha value is -4.00. The van der Waals surface area contributed by atoms with E-state index in [0.717, 1.165) is 10.8 Å². The lowest BCUT2D eigenvalue weighted by molar-refractivity contribution is -0.385. The van der Waals surface area contributed by atoms with Crippen LogP contribution >= 0.6 is 0 Å². The second-order valence-electron chi connectivity index (χ2n) is 6.09. The van der Waals surface area contributed by atoms with Gasteiger partial charge in [-0.05, 0) is 40.6 Å². The van der Waals surface area contributed by atoms with Crippen molar-refractivity contribution in [1.29, 1.82) is 0 Å². The van der Waals surface area contributed by atoms with Crippen LogP contribution in [0, 0.1) is 10.1 Å². The summed E-state index contributed by atoms with van der Waals surface area (Å²) in [7, 11) is 1.36. The normalized spacial score (nSPS) is 14.8. The Morgan fingerprint density at radius 2 is 1.86 bits per heavy atom. The predicted octanol–water partition coefficient (Wildman–Crippen LogP) is 4.10. The fraction of sp³-hybridized carbons (Fsp3) is 0.0476. The fourth-order valence-corrected chi connectivity index (χ4v) is 2.95. The third kappa shape index (κ3) is 3.21. The van der Waals surface area contributed by atoms with Crippen molar-refractivity contribution in [2.45, 2.75) is 0 Å². The summed E-state index contributed by atoms with van der Waals surface area (Å²) >= 11 is 0. The van der Waals surface area contributed by atoms with Crippen LogP contribution in [0.1, 0.15) is 11.1 Å². The first-order valence-corrected chi connectivity index (χ1v) is 8.39. The van der Waals surface area contributed by atoms with E-state index in [9.17, 15) is 14.9 Å². The van der Waals surface area contributed by atoms with Crippen molar-refractivity contribution in [3.63, 3.8) is 0 Å². The number of nitrogens with zero attached hydrogens (tertiary/aromatic N) is 2. The number of esters is 1. The third-order valence-electron chi connectivity index (χ3n) is 4.32. The molecule has 0 aromatic heterocycles. The molecule has 138 valence electrons. The number of fused-ring (bicyclic) bond motifs is 1. The Morgan fingerprint density at radius 3 is 2.61 bits per heavy atom. The number of rotatable bonds is 4. The summed E-state index contributed by atoms with van der Waals surface area (Å²) in [4.78, 5) is 27.1. The highest BCUT2D eigenvalue weighted by Gasteiger charge is 2.25. The number of methoxy groups -OCH3 is 1. The molecule has 7 heteroatoms. The zero-order chi connectivity index (χ0) is 19.7. The molecule has 1 aliphatic heterocycles. The summed E-state index contributed by atoms with van der Waals surface area (Å²) in [6.07, 6.45) is 1.45. The number of nitro benzene ring substituents is 1. The molecule has 0 unspecified atom stereocenters. The lowest BCUT2D eigenvalue weighted by Gasteiger charge is -2.02. The highest BCUT2D eigenvalue weighted by Crippen LogP contribution is 2.29. The molecular weight excluding hydrogens is 360 g/mol. The number of aliphatic imine (C=N–C) groups is 1. The third-order valence-corrected chi connectivity index (χ3v) is 4.32. The van der Waals surface area contributed by atoms with Crippen LogP contribution in [0.3, 0.4) is 0 Å². The molecule has 28 heavy (non-hydrogen) atoms. The summed E-state index contributed by atoms with van der Waals surface area (Å²) in [5.74, 6) is -0.270. The van der Waals surface area contributed by atoms with E-state index in [1.807, 2.05) is 42.5 Å². The van der Waals surface area contributed by atoms with Crippen molar-refractivity contribution in [2.24, 2.45) is 4.99 Å². The van der Waals surface area contributed by atoms with Gasteiger partial charge in [-0.1, -0.05) is 36.4 Å². The van der Waals surface area contributed by atoms with Crippen LogP contribution in [0.5, 0.6) is 5.75 Å². The van der Waals surface area contributed by atoms with E-state index in [2.05, 4.69) is 4.99 Å². The van der Waals surface area contributed by atoms with Crippen LogP contribution in [0.2, 0.25) is 0 Å². The van der Waals surface area contributed by atoms with Gasteiger partial charge in [0.15, 0.2) is 11.4 Å². The van der Waals surface area contributed by atoms with Crippen molar-refractivity contribution >= 4 is 34.4 Å². The van der Waals surface area contributed by atoms with Gasteiger partial charge in [-0.25, -0.2) is 9.79 Å². The molecule has 4 rings (SSSR count). The fourth-order valence-electron chi connectivity index (χ4n) is 2.95. The van der Waals surface area contributed by atoms with E-state index in [-0.39, 0.29) is 23.0 Å². The van der Waals surface area contributed by atoms with Gasteiger partial charge in [0.25, 0.3) is 0 Å². The largest absolute Gasteiger partial charge is 0.490 e. The van der Waals surface area contributed by atoms with Gasteiger partial charge < -0.3 is 9.47 Å². The predicted molar refractivity (Wildman–Crippen MR) is 104 cm³/mol. The number of hydrogen-bond acceptors (Lipinski definition) is 6. The number of carbonyl (C=O) groups is 1. The monoisotopic (exact) mass is 374 g/mol. The number of ether oxygens (including phenoxy) is 2. The lowest BCUT2D eigenvalue weighted by atomic mass is 10.1. The summed E-state index contributed by atoms with van der Waals surface area (Å²) in [5.41, 5.74) is 1.00. The molecule has 3 aromatic rings. The second-order valence-corrected chi connectivity index (χ2v) is 6.09. The first kappa shape index (κ1) is 17.4. The van der Waals surface area contributed by atoms with Crippen molar-refractivity contribution in [3.05, 3.63) is 87.6 Å². The Balaban J connectivity index is 1.70. The Bertz CT molecular complexity index is 1180. The minimum Gasteiger partial charge on any atom is -0.490 e. The van der Waals surface area contributed by atoms with Gasteiger partial charge in [-0.2, -0.15) is 0 Å².